The minimum atomic E-state index is -0.189. The first-order valence-corrected chi connectivity index (χ1v) is 10.4. The van der Waals surface area contributed by atoms with Crippen molar-refractivity contribution in [2.45, 2.75) is 26.6 Å². The lowest BCUT2D eigenvalue weighted by atomic mass is 10.1. The molecule has 3 heterocycles. The summed E-state index contributed by atoms with van der Waals surface area (Å²) in [6.07, 6.45) is 5.15. The molecular weight excluding hydrogens is 416 g/mol. The standard InChI is InChI=1S/C22H23ClN6O2/c1-3-28-9-8-24-19(28)14-27(2)22(31)16-10-18-21(25-11-16)26-12-20(30)29(18)13-15-4-6-17(23)7-5-15/h4-11H,3,12-14H2,1-2H3,(H,25,26). The molecule has 1 aliphatic rings. The van der Waals surface area contributed by atoms with E-state index in [0.717, 1.165) is 17.9 Å². The van der Waals surface area contributed by atoms with Crippen LogP contribution < -0.4 is 10.2 Å². The maximum Gasteiger partial charge on any atom is 0.255 e. The Morgan fingerprint density at radius 1 is 1.26 bits per heavy atom. The lowest BCUT2D eigenvalue weighted by Gasteiger charge is -2.30. The molecule has 0 saturated heterocycles. The van der Waals surface area contributed by atoms with Gasteiger partial charge in [-0.15, -0.1) is 0 Å². The SMILES string of the molecule is CCn1ccnc1CN(C)C(=O)c1cnc2c(c1)N(Cc1ccc(Cl)cc1)C(=O)CN2. The smallest absolute Gasteiger partial charge is 0.255 e. The molecule has 0 radical (unpaired) electrons. The second kappa shape index (κ2) is 8.77. The Kier molecular flexibility index (Phi) is 5.90. The molecule has 0 atom stereocenters. The van der Waals surface area contributed by atoms with Gasteiger partial charge < -0.3 is 19.7 Å². The van der Waals surface area contributed by atoms with Crippen molar-refractivity contribution in [3.63, 3.8) is 0 Å². The van der Waals surface area contributed by atoms with Crippen LogP contribution in [0.4, 0.5) is 11.5 Å². The number of aryl methyl sites for hydroxylation is 1. The number of fused-ring (bicyclic) bond motifs is 1. The minimum absolute atomic E-state index is 0.0906. The van der Waals surface area contributed by atoms with Crippen molar-refractivity contribution in [2.24, 2.45) is 0 Å². The molecule has 2 aromatic heterocycles. The number of amides is 2. The van der Waals surface area contributed by atoms with Crippen LogP contribution in [0.15, 0.2) is 48.9 Å². The summed E-state index contributed by atoms with van der Waals surface area (Å²) < 4.78 is 1.99. The molecular formula is C22H23ClN6O2. The van der Waals surface area contributed by atoms with Gasteiger partial charge in [0.15, 0.2) is 5.82 Å². The second-order valence-corrected chi connectivity index (χ2v) is 7.78. The van der Waals surface area contributed by atoms with Crippen molar-refractivity contribution in [3.05, 3.63) is 70.9 Å². The zero-order chi connectivity index (χ0) is 22.0. The van der Waals surface area contributed by atoms with Gasteiger partial charge in [0.05, 0.1) is 30.9 Å². The Morgan fingerprint density at radius 2 is 2.03 bits per heavy atom. The molecule has 0 spiro atoms. The van der Waals surface area contributed by atoms with E-state index in [2.05, 4.69) is 15.3 Å². The number of nitrogens with zero attached hydrogens (tertiary/aromatic N) is 5. The summed E-state index contributed by atoms with van der Waals surface area (Å²) in [5, 5.41) is 3.66. The van der Waals surface area contributed by atoms with Gasteiger partial charge in [-0.3, -0.25) is 9.59 Å². The molecule has 8 nitrogen and oxygen atoms in total. The maximum atomic E-state index is 13.1. The van der Waals surface area contributed by atoms with Gasteiger partial charge in [-0.2, -0.15) is 0 Å². The highest BCUT2D eigenvalue weighted by Crippen LogP contribution is 2.30. The summed E-state index contributed by atoms with van der Waals surface area (Å²) in [5.41, 5.74) is 1.93. The molecule has 3 aromatic rings. The number of benzene rings is 1. The fraction of sp³-hybridized carbons (Fsp3) is 0.273. The third-order valence-electron chi connectivity index (χ3n) is 5.24. The van der Waals surface area contributed by atoms with Gasteiger partial charge in [0.1, 0.15) is 5.82 Å². The summed E-state index contributed by atoms with van der Waals surface area (Å²) in [5.74, 6) is 1.11. The molecule has 0 fully saturated rings. The number of halogens is 1. The van der Waals surface area contributed by atoms with Gasteiger partial charge in [0.25, 0.3) is 5.91 Å². The lowest BCUT2D eigenvalue weighted by molar-refractivity contribution is -0.117. The van der Waals surface area contributed by atoms with Crippen molar-refractivity contribution in [3.8, 4) is 0 Å². The van der Waals surface area contributed by atoms with Crippen molar-refractivity contribution in [1.29, 1.82) is 0 Å². The normalized spacial score (nSPS) is 13.0. The number of hydrogen-bond acceptors (Lipinski definition) is 5. The first-order chi connectivity index (χ1) is 15.0. The quantitative estimate of drug-likeness (QED) is 0.639. The summed E-state index contributed by atoms with van der Waals surface area (Å²) in [4.78, 5) is 37.6. The van der Waals surface area contributed by atoms with Crippen molar-refractivity contribution in [2.75, 3.05) is 23.8 Å². The largest absolute Gasteiger partial charge is 0.359 e. The Balaban J connectivity index is 1.58. The van der Waals surface area contributed by atoms with Crippen LogP contribution in [0.5, 0.6) is 0 Å². The van der Waals surface area contributed by atoms with Crippen LogP contribution in [0, 0.1) is 0 Å². The average Bonchev–Trinajstić information content (AvgIpc) is 3.23. The van der Waals surface area contributed by atoms with E-state index in [1.165, 1.54) is 6.20 Å². The summed E-state index contributed by atoms with van der Waals surface area (Å²) in [6.45, 7) is 3.71. The molecule has 4 rings (SSSR count). The van der Waals surface area contributed by atoms with Gasteiger partial charge in [-0.25, -0.2) is 9.97 Å². The van der Waals surface area contributed by atoms with Crippen LogP contribution in [0.3, 0.4) is 0 Å². The molecule has 31 heavy (non-hydrogen) atoms. The topological polar surface area (TPSA) is 83.4 Å². The van der Waals surface area contributed by atoms with E-state index in [9.17, 15) is 9.59 Å². The molecule has 1 aliphatic heterocycles. The Morgan fingerprint density at radius 3 is 2.77 bits per heavy atom. The number of nitrogens with one attached hydrogen (secondary N) is 1. The molecule has 0 bridgehead atoms. The average molecular weight is 439 g/mol. The van der Waals surface area contributed by atoms with E-state index >= 15 is 0 Å². The van der Waals surface area contributed by atoms with Crippen LogP contribution in [0.2, 0.25) is 5.02 Å². The van der Waals surface area contributed by atoms with E-state index in [-0.39, 0.29) is 18.4 Å². The molecule has 0 saturated carbocycles. The lowest BCUT2D eigenvalue weighted by Crippen LogP contribution is -2.40. The minimum Gasteiger partial charge on any atom is -0.359 e. The van der Waals surface area contributed by atoms with Crippen molar-refractivity contribution >= 4 is 34.9 Å². The number of carbonyl (C=O) groups is 2. The molecule has 160 valence electrons. The van der Waals surface area contributed by atoms with Crippen LogP contribution in [-0.2, 0) is 24.4 Å². The highest BCUT2D eigenvalue weighted by atomic mass is 35.5. The number of rotatable bonds is 6. The third kappa shape index (κ3) is 4.39. The van der Waals surface area contributed by atoms with E-state index in [4.69, 9.17) is 11.6 Å². The van der Waals surface area contributed by atoms with Gasteiger partial charge in [-0.05, 0) is 30.7 Å². The zero-order valence-electron chi connectivity index (χ0n) is 17.4. The van der Waals surface area contributed by atoms with Gasteiger partial charge >= 0.3 is 0 Å². The number of hydrogen-bond donors (Lipinski definition) is 1. The molecule has 0 aliphatic carbocycles. The van der Waals surface area contributed by atoms with Crippen LogP contribution in [0.1, 0.15) is 28.7 Å². The summed E-state index contributed by atoms with van der Waals surface area (Å²) in [6, 6.07) is 9.05. The Bertz CT molecular complexity index is 1110. The first-order valence-electron chi connectivity index (χ1n) is 10.0. The molecule has 2 amide bonds. The number of aromatic nitrogens is 3. The predicted molar refractivity (Wildman–Crippen MR) is 119 cm³/mol. The Hall–Kier alpha value is -3.39. The molecule has 9 heteroatoms. The van der Waals surface area contributed by atoms with E-state index in [1.54, 1.807) is 41.2 Å². The summed E-state index contributed by atoms with van der Waals surface area (Å²) >= 11 is 5.97. The Labute approximate surface area is 185 Å². The molecule has 1 aromatic carbocycles. The maximum absolute atomic E-state index is 13.1. The van der Waals surface area contributed by atoms with E-state index in [0.29, 0.717) is 35.2 Å². The number of carbonyl (C=O) groups excluding carboxylic acids is 2. The highest BCUT2D eigenvalue weighted by Gasteiger charge is 2.27. The first kappa shape index (κ1) is 20.9. The summed E-state index contributed by atoms with van der Waals surface area (Å²) in [7, 11) is 1.73. The third-order valence-corrected chi connectivity index (χ3v) is 5.49. The molecule has 1 N–H and O–H groups in total. The van der Waals surface area contributed by atoms with Crippen LogP contribution in [0.25, 0.3) is 0 Å². The highest BCUT2D eigenvalue weighted by molar-refractivity contribution is 6.30. The fourth-order valence-electron chi connectivity index (χ4n) is 3.53. The second-order valence-electron chi connectivity index (χ2n) is 7.34. The number of anilines is 2. The monoisotopic (exact) mass is 438 g/mol. The van der Waals surface area contributed by atoms with E-state index < -0.39 is 0 Å². The number of pyridine rings is 1. The zero-order valence-corrected chi connectivity index (χ0v) is 18.1. The van der Waals surface area contributed by atoms with Gasteiger partial charge in [0.2, 0.25) is 5.91 Å². The van der Waals surface area contributed by atoms with E-state index in [1.807, 2.05) is 29.8 Å². The van der Waals surface area contributed by atoms with Crippen molar-refractivity contribution < 1.29 is 9.59 Å². The van der Waals surface area contributed by atoms with Crippen LogP contribution in [-0.4, -0.2) is 44.8 Å². The van der Waals surface area contributed by atoms with Crippen molar-refractivity contribution in [1.82, 2.24) is 19.4 Å². The fourth-order valence-corrected chi connectivity index (χ4v) is 3.66. The van der Waals surface area contributed by atoms with Crippen LogP contribution >= 0.6 is 11.6 Å². The molecule has 0 unspecified atom stereocenters. The van der Waals surface area contributed by atoms with Gasteiger partial charge in [-0.1, -0.05) is 23.7 Å². The number of imidazole rings is 1. The van der Waals surface area contributed by atoms with Gasteiger partial charge in [0, 0.05) is 37.2 Å². The predicted octanol–water partition coefficient (Wildman–Crippen LogP) is 3.18.